The average Bonchev–Trinajstić information content (AvgIpc) is 3.57. The van der Waals surface area contributed by atoms with Gasteiger partial charge >= 0.3 is 12.3 Å². The van der Waals surface area contributed by atoms with Gasteiger partial charge in [0.2, 0.25) is 0 Å². The summed E-state index contributed by atoms with van der Waals surface area (Å²) in [6.45, 7) is 2.63. The van der Waals surface area contributed by atoms with Crippen molar-refractivity contribution in [1.82, 2.24) is 19.5 Å². The number of fused-ring (bicyclic) bond motifs is 1. The Balaban J connectivity index is 1.41. The Labute approximate surface area is 227 Å². The maximum Gasteiger partial charge on any atom is 0.422 e. The van der Waals surface area contributed by atoms with Gasteiger partial charge in [-0.3, -0.25) is 10.1 Å². The number of amides is 2. The molecule has 2 aliphatic heterocycles. The molecule has 4 heterocycles. The maximum atomic E-state index is 13.8. The zero-order chi connectivity index (χ0) is 27.7. The number of nitrogens with zero attached hydrogens (tertiary/aromatic N) is 5. The van der Waals surface area contributed by atoms with Crippen LogP contribution < -0.4 is 10.2 Å². The second kappa shape index (κ2) is 10.9. The molecule has 9 nitrogen and oxygen atoms in total. The monoisotopic (exact) mass is 564 g/mol. The highest BCUT2D eigenvalue weighted by atomic mass is 35.5. The van der Waals surface area contributed by atoms with Gasteiger partial charge in [-0.1, -0.05) is 11.6 Å². The maximum absolute atomic E-state index is 13.8. The first-order valence-corrected chi connectivity index (χ1v) is 13.2. The Hall–Kier alpha value is -3.54. The van der Waals surface area contributed by atoms with Crippen molar-refractivity contribution < 1.29 is 27.5 Å². The van der Waals surface area contributed by atoms with Gasteiger partial charge in [0.15, 0.2) is 12.3 Å². The Morgan fingerprint density at radius 3 is 2.62 bits per heavy atom. The van der Waals surface area contributed by atoms with E-state index in [0.29, 0.717) is 24.3 Å². The number of aryl methyl sites for hydroxylation is 1. The summed E-state index contributed by atoms with van der Waals surface area (Å²) in [5, 5.41) is 7.23. The van der Waals surface area contributed by atoms with Gasteiger partial charge in [-0.15, -0.1) is 0 Å². The quantitative estimate of drug-likeness (QED) is 0.423. The number of hydrogen-bond donors (Lipinski definition) is 1. The molecule has 2 aliphatic rings. The largest absolute Gasteiger partial charge is 0.440 e. The number of likely N-dealkylation sites (tertiary alicyclic amines) is 1. The summed E-state index contributed by atoms with van der Waals surface area (Å²) in [6.07, 6.45) is 0.543. The number of benzene rings is 1. The van der Waals surface area contributed by atoms with Crippen LogP contribution in [0.2, 0.25) is 5.02 Å². The number of ether oxygens (including phenoxy) is 1. The third-order valence-electron chi connectivity index (χ3n) is 6.95. The number of nitrogens with one attached hydrogen (secondary N) is 1. The zero-order valence-corrected chi connectivity index (χ0v) is 22.1. The van der Waals surface area contributed by atoms with Gasteiger partial charge in [-0.25, -0.2) is 14.3 Å². The Morgan fingerprint density at radius 2 is 1.87 bits per heavy atom. The highest BCUT2D eigenvalue weighted by molar-refractivity contribution is 6.31. The van der Waals surface area contributed by atoms with Crippen LogP contribution in [0.25, 0.3) is 5.65 Å². The molecule has 2 amide bonds. The lowest BCUT2D eigenvalue weighted by molar-refractivity contribution is -0.159. The molecule has 5 rings (SSSR count). The van der Waals surface area contributed by atoms with E-state index in [1.54, 1.807) is 9.42 Å². The first-order valence-electron chi connectivity index (χ1n) is 12.8. The molecule has 0 bridgehead atoms. The molecular weight excluding hydrogens is 537 g/mol. The Morgan fingerprint density at radius 1 is 1.13 bits per heavy atom. The van der Waals surface area contributed by atoms with Crippen molar-refractivity contribution in [2.45, 2.75) is 51.2 Å². The van der Waals surface area contributed by atoms with E-state index in [2.05, 4.69) is 15.0 Å². The molecule has 1 N–H and O–H groups in total. The fraction of sp³-hybridized carbons (Fsp3) is 0.462. The Bertz CT molecular complexity index is 1390. The molecule has 0 radical (unpaired) electrons. The van der Waals surface area contributed by atoms with E-state index < -0.39 is 24.8 Å². The van der Waals surface area contributed by atoms with Crippen LogP contribution in [0.5, 0.6) is 0 Å². The molecule has 0 saturated carbocycles. The molecule has 2 saturated heterocycles. The highest BCUT2D eigenvalue weighted by Crippen LogP contribution is 2.34. The molecule has 2 fully saturated rings. The standard InChI is InChI=1S/C26H28ClF3N6O3/c1-16-14-36-22(32-23(16)34-9-4-5-10-34)13-20(33-36)21-6-2-3-11-35(21)24(37)18-12-17(27)7-8-19(18)31-25(38)39-15-26(28,29)30/h7-8,12-14,21H,2-6,9-11,15H2,1H3,(H,31,38). The third kappa shape index (κ3) is 6.05. The first kappa shape index (κ1) is 27.0. The zero-order valence-electron chi connectivity index (χ0n) is 21.3. The molecular formula is C26H28ClF3N6O3. The van der Waals surface area contributed by atoms with Gasteiger partial charge in [0, 0.05) is 42.5 Å². The molecule has 0 aliphatic carbocycles. The van der Waals surface area contributed by atoms with E-state index in [1.807, 2.05) is 19.2 Å². The molecule has 13 heteroatoms. The van der Waals surface area contributed by atoms with Crippen molar-refractivity contribution >= 4 is 40.8 Å². The van der Waals surface area contributed by atoms with Crippen LogP contribution in [0.1, 0.15) is 59.8 Å². The number of carbonyl (C=O) groups excluding carboxylic acids is 2. The third-order valence-corrected chi connectivity index (χ3v) is 7.19. The van der Waals surface area contributed by atoms with E-state index >= 15 is 0 Å². The molecule has 1 aromatic carbocycles. The average molecular weight is 565 g/mol. The molecule has 2 aromatic heterocycles. The van der Waals surface area contributed by atoms with Crippen LogP contribution in [-0.4, -0.2) is 63.9 Å². The van der Waals surface area contributed by atoms with Crippen LogP contribution >= 0.6 is 11.6 Å². The van der Waals surface area contributed by atoms with Crippen molar-refractivity contribution in [3.8, 4) is 0 Å². The minimum Gasteiger partial charge on any atom is -0.440 e. The van der Waals surface area contributed by atoms with Gasteiger partial charge in [0.05, 0.1) is 23.0 Å². The number of hydrogen-bond acceptors (Lipinski definition) is 6. The normalized spacial score (nSPS) is 18.0. The minimum atomic E-state index is -4.67. The number of alkyl halides is 3. The summed E-state index contributed by atoms with van der Waals surface area (Å²) in [5.41, 5.74) is 2.45. The van der Waals surface area contributed by atoms with Crippen molar-refractivity contribution in [1.29, 1.82) is 0 Å². The lowest BCUT2D eigenvalue weighted by Crippen LogP contribution is -2.39. The number of piperidine rings is 1. The second-order valence-electron chi connectivity index (χ2n) is 9.83. The van der Waals surface area contributed by atoms with E-state index in [0.717, 1.165) is 50.2 Å². The molecule has 0 spiro atoms. The van der Waals surface area contributed by atoms with Gasteiger partial charge in [-0.2, -0.15) is 18.3 Å². The fourth-order valence-corrected chi connectivity index (χ4v) is 5.34. The van der Waals surface area contributed by atoms with Crippen LogP contribution in [0, 0.1) is 6.92 Å². The molecule has 1 unspecified atom stereocenters. The SMILES string of the molecule is Cc1cn2nc(C3CCCCN3C(=O)c3cc(Cl)ccc3NC(=O)OCC(F)(F)F)cc2nc1N1CCCC1. The van der Waals surface area contributed by atoms with Gasteiger partial charge in [0.25, 0.3) is 5.91 Å². The lowest BCUT2D eigenvalue weighted by atomic mass is 9.98. The van der Waals surface area contributed by atoms with Gasteiger partial charge < -0.3 is 14.5 Å². The lowest BCUT2D eigenvalue weighted by Gasteiger charge is -2.35. The first-order chi connectivity index (χ1) is 18.6. The number of aromatic nitrogens is 3. The Kier molecular flexibility index (Phi) is 7.57. The predicted octanol–water partition coefficient (Wildman–Crippen LogP) is 5.77. The summed E-state index contributed by atoms with van der Waals surface area (Å²) >= 11 is 6.16. The van der Waals surface area contributed by atoms with Gasteiger partial charge in [-0.05, 0) is 57.2 Å². The van der Waals surface area contributed by atoms with Crippen LogP contribution in [0.4, 0.5) is 29.5 Å². The second-order valence-corrected chi connectivity index (χ2v) is 10.3. The van der Waals surface area contributed by atoms with E-state index in [1.165, 1.54) is 18.2 Å². The number of rotatable bonds is 5. The van der Waals surface area contributed by atoms with E-state index in [-0.39, 0.29) is 22.3 Å². The van der Waals surface area contributed by atoms with E-state index in [4.69, 9.17) is 21.7 Å². The summed E-state index contributed by atoms with van der Waals surface area (Å²) < 4.78 is 43.4. The van der Waals surface area contributed by atoms with Crippen molar-refractivity contribution in [3.63, 3.8) is 0 Å². The van der Waals surface area contributed by atoms with Crippen LogP contribution in [-0.2, 0) is 4.74 Å². The topological polar surface area (TPSA) is 92.1 Å². The minimum absolute atomic E-state index is 0.00319. The number of halogens is 4. The number of carbonyl (C=O) groups is 2. The molecule has 39 heavy (non-hydrogen) atoms. The van der Waals surface area contributed by atoms with Crippen LogP contribution in [0.3, 0.4) is 0 Å². The summed E-state index contributed by atoms with van der Waals surface area (Å²) in [7, 11) is 0. The predicted molar refractivity (Wildman–Crippen MR) is 139 cm³/mol. The van der Waals surface area contributed by atoms with E-state index in [9.17, 15) is 22.8 Å². The molecule has 1 atom stereocenters. The highest BCUT2D eigenvalue weighted by Gasteiger charge is 2.33. The van der Waals surface area contributed by atoms with Crippen molar-refractivity contribution in [3.05, 3.63) is 52.3 Å². The summed E-state index contributed by atoms with van der Waals surface area (Å²) in [4.78, 5) is 34.6. The molecule has 3 aromatic rings. The number of anilines is 2. The fourth-order valence-electron chi connectivity index (χ4n) is 5.16. The molecule has 208 valence electrons. The smallest absolute Gasteiger partial charge is 0.422 e. The van der Waals surface area contributed by atoms with Crippen LogP contribution in [0.15, 0.2) is 30.5 Å². The van der Waals surface area contributed by atoms with Gasteiger partial charge in [0.1, 0.15) is 5.82 Å². The summed E-state index contributed by atoms with van der Waals surface area (Å²) in [5.74, 6) is 0.516. The van der Waals surface area contributed by atoms with Crippen molar-refractivity contribution in [2.24, 2.45) is 0 Å². The van der Waals surface area contributed by atoms with Crippen molar-refractivity contribution in [2.75, 3.05) is 36.5 Å². The summed E-state index contributed by atoms with van der Waals surface area (Å²) in [6, 6.07) is 5.71.